The summed E-state index contributed by atoms with van der Waals surface area (Å²) in [5.41, 5.74) is 8.90. The van der Waals surface area contributed by atoms with Crippen LogP contribution >= 0.6 is 0 Å². The molecule has 2 aromatic heterocycles. The molecule has 4 heteroatoms. The van der Waals surface area contributed by atoms with Crippen LogP contribution in [0.15, 0.2) is 84.9 Å². The maximum Gasteiger partial charge on any atom is 0.0996 e. The van der Waals surface area contributed by atoms with Gasteiger partial charge in [-0.15, -0.1) is 0 Å². The molecular weight excluding hydrogens is 344 g/mol. The maximum absolute atomic E-state index is 4.95. The summed E-state index contributed by atoms with van der Waals surface area (Å²) in [6, 6.07) is 28.1. The second kappa shape index (κ2) is 5.79. The number of nitrogens with zero attached hydrogens (tertiary/aromatic N) is 4. The lowest BCUT2D eigenvalue weighted by molar-refractivity contribution is 1.36. The molecule has 0 N–H and O–H groups in total. The summed E-state index contributed by atoms with van der Waals surface area (Å²) in [6.45, 7) is 0. The monoisotopic (exact) mass is 358 g/mol. The zero-order valence-corrected chi connectivity index (χ0v) is 14.9. The standard InChI is InChI=1S/C24H14N4/c1-2-8-15(9-3-1)22-23-20(25-16-10-4-6-12-18(16)27-23)14-21-24(22)28-19-13-7-5-11-17(19)26-21/h1-14H. The molecule has 4 nitrogen and oxygen atoms in total. The Morgan fingerprint density at radius 3 is 1.32 bits per heavy atom. The van der Waals surface area contributed by atoms with E-state index in [-0.39, 0.29) is 0 Å². The largest absolute Gasteiger partial charge is 0.244 e. The molecule has 0 saturated carbocycles. The van der Waals surface area contributed by atoms with Crippen LogP contribution in [0.4, 0.5) is 0 Å². The van der Waals surface area contributed by atoms with E-state index in [0.717, 1.165) is 55.3 Å². The molecule has 0 atom stereocenters. The smallest absolute Gasteiger partial charge is 0.0996 e. The average Bonchev–Trinajstić information content (AvgIpc) is 2.75. The van der Waals surface area contributed by atoms with Crippen molar-refractivity contribution in [1.82, 2.24) is 19.9 Å². The number of para-hydroxylation sites is 4. The first-order chi connectivity index (χ1) is 13.9. The molecule has 2 heterocycles. The van der Waals surface area contributed by atoms with Gasteiger partial charge in [0.2, 0.25) is 0 Å². The van der Waals surface area contributed by atoms with Gasteiger partial charge in [0.05, 0.1) is 44.1 Å². The molecule has 0 unspecified atom stereocenters. The van der Waals surface area contributed by atoms with Crippen molar-refractivity contribution in [2.75, 3.05) is 0 Å². The van der Waals surface area contributed by atoms with Gasteiger partial charge in [-0.2, -0.15) is 0 Å². The molecule has 0 amide bonds. The SMILES string of the molecule is c1ccc(-c2c3nc4ccccc4nc3cc3nc4ccccc4nc23)cc1. The summed E-state index contributed by atoms with van der Waals surface area (Å²) in [5.74, 6) is 0. The van der Waals surface area contributed by atoms with Gasteiger partial charge in [-0.3, -0.25) is 0 Å². The highest BCUT2D eigenvalue weighted by Gasteiger charge is 2.16. The van der Waals surface area contributed by atoms with Gasteiger partial charge in [0.25, 0.3) is 0 Å². The van der Waals surface area contributed by atoms with Crippen LogP contribution in [0.25, 0.3) is 55.3 Å². The van der Waals surface area contributed by atoms with Gasteiger partial charge in [-0.05, 0) is 35.9 Å². The van der Waals surface area contributed by atoms with Crippen molar-refractivity contribution in [1.29, 1.82) is 0 Å². The first kappa shape index (κ1) is 15.2. The number of benzene rings is 4. The zero-order valence-electron chi connectivity index (χ0n) is 14.9. The van der Waals surface area contributed by atoms with E-state index in [1.165, 1.54) is 0 Å². The Bertz CT molecular complexity index is 1410. The van der Waals surface area contributed by atoms with E-state index in [1.807, 2.05) is 72.8 Å². The quantitative estimate of drug-likeness (QED) is 0.362. The van der Waals surface area contributed by atoms with Crippen LogP contribution in [0.5, 0.6) is 0 Å². The van der Waals surface area contributed by atoms with Crippen LogP contribution in [0.2, 0.25) is 0 Å². The van der Waals surface area contributed by atoms with Gasteiger partial charge in [-0.1, -0.05) is 54.6 Å². The molecule has 4 aromatic carbocycles. The number of fused-ring (bicyclic) bond motifs is 4. The Labute approximate surface area is 160 Å². The van der Waals surface area contributed by atoms with Gasteiger partial charge in [0.1, 0.15) is 0 Å². The fraction of sp³-hybridized carbons (Fsp3) is 0. The van der Waals surface area contributed by atoms with Crippen molar-refractivity contribution in [2.45, 2.75) is 0 Å². The van der Waals surface area contributed by atoms with Crippen LogP contribution in [0, 0.1) is 0 Å². The van der Waals surface area contributed by atoms with E-state index in [1.54, 1.807) is 0 Å². The molecular formula is C24H14N4. The molecule has 6 rings (SSSR count). The summed E-state index contributed by atoms with van der Waals surface area (Å²) < 4.78 is 0. The molecule has 0 aliphatic carbocycles. The number of rotatable bonds is 1. The van der Waals surface area contributed by atoms with E-state index < -0.39 is 0 Å². The second-order valence-electron chi connectivity index (χ2n) is 6.78. The van der Waals surface area contributed by atoms with E-state index in [4.69, 9.17) is 19.9 Å². The fourth-order valence-corrected chi connectivity index (χ4v) is 3.72. The minimum atomic E-state index is 0.828. The van der Waals surface area contributed by atoms with Gasteiger partial charge >= 0.3 is 0 Å². The lowest BCUT2D eigenvalue weighted by atomic mass is 10.0. The molecule has 28 heavy (non-hydrogen) atoms. The summed E-state index contributed by atoms with van der Waals surface area (Å²) in [6.07, 6.45) is 0. The third-order valence-electron chi connectivity index (χ3n) is 5.00. The summed E-state index contributed by atoms with van der Waals surface area (Å²) in [5, 5.41) is 0. The number of hydrogen-bond acceptors (Lipinski definition) is 4. The highest BCUT2D eigenvalue weighted by atomic mass is 14.8. The number of hydrogen-bond donors (Lipinski definition) is 0. The minimum Gasteiger partial charge on any atom is -0.244 e. The van der Waals surface area contributed by atoms with Crippen LogP contribution in [-0.2, 0) is 0 Å². The second-order valence-corrected chi connectivity index (χ2v) is 6.78. The Kier molecular flexibility index (Phi) is 3.14. The zero-order chi connectivity index (χ0) is 18.5. The Morgan fingerprint density at radius 2 is 0.821 bits per heavy atom. The Morgan fingerprint density at radius 1 is 0.393 bits per heavy atom. The van der Waals surface area contributed by atoms with Crippen molar-refractivity contribution in [3.05, 3.63) is 84.9 Å². The third kappa shape index (κ3) is 2.25. The third-order valence-corrected chi connectivity index (χ3v) is 5.00. The van der Waals surface area contributed by atoms with Crippen molar-refractivity contribution in [3.63, 3.8) is 0 Å². The summed E-state index contributed by atoms with van der Waals surface area (Å²) in [4.78, 5) is 19.6. The van der Waals surface area contributed by atoms with E-state index in [9.17, 15) is 0 Å². The highest BCUT2D eigenvalue weighted by Crippen LogP contribution is 2.34. The maximum atomic E-state index is 4.95. The molecule has 0 fully saturated rings. The Hall–Kier alpha value is -3.92. The van der Waals surface area contributed by atoms with E-state index in [0.29, 0.717) is 0 Å². The molecule has 0 aliphatic rings. The van der Waals surface area contributed by atoms with Gasteiger partial charge in [0.15, 0.2) is 0 Å². The first-order valence-corrected chi connectivity index (χ1v) is 9.18. The van der Waals surface area contributed by atoms with Crippen molar-refractivity contribution in [2.24, 2.45) is 0 Å². The van der Waals surface area contributed by atoms with Crippen LogP contribution in [0.3, 0.4) is 0 Å². The van der Waals surface area contributed by atoms with Crippen molar-refractivity contribution >= 4 is 44.1 Å². The molecule has 6 aromatic rings. The lowest BCUT2D eigenvalue weighted by Crippen LogP contribution is -1.96. The van der Waals surface area contributed by atoms with Crippen LogP contribution in [-0.4, -0.2) is 19.9 Å². The van der Waals surface area contributed by atoms with Crippen LogP contribution < -0.4 is 0 Å². The van der Waals surface area contributed by atoms with E-state index >= 15 is 0 Å². The first-order valence-electron chi connectivity index (χ1n) is 9.18. The summed E-state index contributed by atoms with van der Waals surface area (Å²) >= 11 is 0. The van der Waals surface area contributed by atoms with E-state index in [2.05, 4.69) is 12.1 Å². The highest BCUT2D eigenvalue weighted by molar-refractivity contribution is 6.10. The summed E-state index contributed by atoms with van der Waals surface area (Å²) in [7, 11) is 0. The normalized spacial score (nSPS) is 11.6. The van der Waals surface area contributed by atoms with Crippen LogP contribution in [0.1, 0.15) is 0 Å². The fourth-order valence-electron chi connectivity index (χ4n) is 3.72. The molecule has 0 bridgehead atoms. The van der Waals surface area contributed by atoms with Gasteiger partial charge in [0, 0.05) is 5.56 Å². The molecule has 0 spiro atoms. The minimum absolute atomic E-state index is 0.828. The predicted molar refractivity (Wildman–Crippen MR) is 113 cm³/mol. The van der Waals surface area contributed by atoms with Gasteiger partial charge < -0.3 is 0 Å². The molecule has 130 valence electrons. The van der Waals surface area contributed by atoms with Gasteiger partial charge in [-0.25, -0.2) is 19.9 Å². The Balaban J connectivity index is 1.86. The molecule has 0 radical (unpaired) electrons. The lowest BCUT2D eigenvalue weighted by Gasteiger charge is -2.11. The van der Waals surface area contributed by atoms with Crippen molar-refractivity contribution < 1.29 is 0 Å². The topological polar surface area (TPSA) is 51.6 Å². The molecule has 0 saturated heterocycles. The number of aromatic nitrogens is 4. The van der Waals surface area contributed by atoms with Crippen molar-refractivity contribution in [3.8, 4) is 11.1 Å². The molecule has 0 aliphatic heterocycles. The average molecular weight is 358 g/mol. The predicted octanol–water partition coefficient (Wildman–Crippen LogP) is 5.55.